The van der Waals surface area contributed by atoms with Crippen molar-refractivity contribution in [3.8, 4) is 0 Å². The van der Waals surface area contributed by atoms with Gasteiger partial charge in [-0.15, -0.1) is 0 Å². The van der Waals surface area contributed by atoms with Gasteiger partial charge in [-0.05, 0) is 10.3 Å². The lowest BCUT2D eigenvalue weighted by molar-refractivity contribution is -0.0196. The number of aromatic nitrogens is 2. The Bertz CT molecular complexity index is 344. The van der Waals surface area contributed by atoms with Gasteiger partial charge < -0.3 is 15.4 Å². The number of likely N-dealkylation sites (tertiary alicyclic amines) is 1. The van der Waals surface area contributed by atoms with E-state index in [0.29, 0.717) is 13.1 Å². The Labute approximate surface area is 79.8 Å². The lowest BCUT2D eigenvalue weighted by Gasteiger charge is -2.37. The standard InChI is InChI=1S/C7H10N4O3/c1-13-4-2-11(3-4)7(12)5-6(8)10-14-9-5/h4H,2-3H2,1H3,(H2,8,10). The molecule has 2 rings (SSSR count). The van der Waals surface area contributed by atoms with Gasteiger partial charge in [0.2, 0.25) is 11.5 Å². The molecule has 0 atom stereocenters. The van der Waals surface area contributed by atoms with Crippen LogP contribution in [0.4, 0.5) is 5.82 Å². The predicted octanol–water partition coefficient (Wildman–Crippen LogP) is -0.877. The molecule has 1 aliphatic rings. The van der Waals surface area contributed by atoms with Crippen molar-refractivity contribution in [3.63, 3.8) is 0 Å². The summed E-state index contributed by atoms with van der Waals surface area (Å²) in [4.78, 5) is 13.2. The third-order valence-electron chi connectivity index (χ3n) is 2.19. The van der Waals surface area contributed by atoms with Crippen LogP contribution in [0.5, 0.6) is 0 Å². The molecule has 76 valence electrons. The van der Waals surface area contributed by atoms with Gasteiger partial charge in [-0.2, -0.15) is 0 Å². The van der Waals surface area contributed by atoms with Crippen molar-refractivity contribution in [2.75, 3.05) is 25.9 Å². The maximum absolute atomic E-state index is 11.6. The predicted molar refractivity (Wildman–Crippen MR) is 45.4 cm³/mol. The molecular weight excluding hydrogens is 188 g/mol. The molecule has 1 amide bonds. The summed E-state index contributed by atoms with van der Waals surface area (Å²) in [6.07, 6.45) is 0.111. The highest BCUT2D eigenvalue weighted by molar-refractivity contribution is 5.96. The fourth-order valence-electron chi connectivity index (χ4n) is 1.25. The lowest BCUT2D eigenvalue weighted by atomic mass is 10.1. The van der Waals surface area contributed by atoms with Crippen LogP contribution < -0.4 is 5.73 Å². The lowest BCUT2D eigenvalue weighted by Crippen LogP contribution is -2.54. The molecule has 1 saturated heterocycles. The van der Waals surface area contributed by atoms with Crippen LogP contribution in [0.25, 0.3) is 0 Å². The van der Waals surface area contributed by atoms with Crippen molar-refractivity contribution < 1.29 is 14.2 Å². The van der Waals surface area contributed by atoms with Crippen LogP contribution in [0.3, 0.4) is 0 Å². The number of carbonyl (C=O) groups excluding carboxylic acids is 1. The first kappa shape index (κ1) is 8.95. The van der Waals surface area contributed by atoms with Crippen molar-refractivity contribution in [3.05, 3.63) is 5.69 Å². The van der Waals surface area contributed by atoms with Crippen molar-refractivity contribution >= 4 is 11.7 Å². The van der Waals surface area contributed by atoms with Gasteiger partial charge in [0.1, 0.15) is 0 Å². The Hall–Kier alpha value is -1.63. The summed E-state index contributed by atoms with van der Waals surface area (Å²) in [6.45, 7) is 1.11. The van der Waals surface area contributed by atoms with E-state index >= 15 is 0 Å². The smallest absolute Gasteiger partial charge is 0.280 e. The van der Waals surface area contributed by atoms with Crippen LogP contribution in [0, 0.1) is 0 Å². The Kier molecular flexibility index (Phi) is 2.08. The van der Waals surface area contributed by atoms with E-state index < -0.39 is 0 Å². The second kappa shape index (κ2) is 3.26. The van der Waals surface area contributed by atoms with Crippen molar-refractivity contribution in [2.24, 2.45) is 0 Å². The molecule has 0 unspecified atom stereocenters. The molecule has 2 heterocycles. The average Bonchev–Trinajstić information content (AvgIpc) is 2.49. The van der Waals surface area contributed by atoms with Gasteiger partial charge in [0.25, 0.3) is 5.91 Å². The Balaban J connectivity index is 2.01. The molecule has 1 aromatic rings. The number of rotatable bonds is 2. The number of nitrogens with two attached hydrogens (primary N) is 1. The number of nitrogens with zero attached hydrogens (tertiary/aromatic N) is 3. The summed E-state index contributed by atoms with van der Waals surface area (Å²) in [7, 11) is 1.61. The fraction of sp³-hybridized carbons (Fsp3) is 0.571. The molecule has 0 radical (unpaired) electrons. The van der Waals surface area contributed by atoms with Gasteiger partial charge in [-0.3, -0.25) is 4.79 Å². The number of nitrogen functional groups attached to an aromatic ring is 1. The molecule has 14 heavy (non-hydrogen) atoms. The van der Waals surface area contributed by atoms with Gasteiger partial charge in [0.05, 0.1) is 6.10 Å². The van der Waals surface area contributed by atoms with E-state index in [9.17, 15) is 4.79 Å². The van der Waals surface area contributed by atoms with Crippen LogP contribution in [-0.2, 0) is 4.74 Å². The third kappa shape index (κ3) is 1.31. The largest absolute Gasteiger partial charge is 0.379 e. The highest BCUT2D eigenvalue weighted by Gasteiger charge is 2.33. The minimum absolute atomic E-state index is 0.0240. The van der Waals surface area contributed by atoms with Gasteiger partial charge >= 0.3 is 0 Å². The summed E-state index contributed by atoms with van der Waals surface area (Å²) in [6, 6.07) is 0. The zero-order chi connectivity index (χ0) is 10.1. The fourth-order valence-corrected chi connectivity index (χ4v) is 1.25. The van der Waals surface area contributed by atoms with E-state index in [1.807, 2.05) is 0 Å². The SMILES string of the molecule is COC1CN(C(=O)c2nonc2N)C1. The zero-order valence-corrected chi connectivity index (χ0v) is 7.64. The highest BCUT2D eigenvalue weighted by Crippen LogP contribution is 2.16. The number of hydrogen-bond acceptors (Lipinski definition) is 6. The summed E-state index contributed by atoms with van der Waals surface area (Å²) >= 11 is 0. The van der Waals surface area contributed by atoms with E-state index in [1.54, 1.807) is 12.0 Å². The van der Waals surface area contributed by atoms with E-state index in [2.05, 4.69) is 14.9 Å². The van der Waals surface area contributed by atoms with Gasteiger partial charge in [0.15, 0.2) is 0 Å². The summed E-state index contributed by atoms with van der Waals surface area (Å²) < 4.78 is 9.36. The summed E-state index contributed by atoms with van der Waals surface area (Å²) in [5.74, 6) is -0.243. The Morgan fingerprint density at radius 3 is 2.86 bits per heavy atom. The molecule has 0 spiro atoms. The second-order valence-corrected chi connectivity index (χ2v) is 3.07. The Morgan fingerprint density at radius 2 is 2.36 bits per heavy atom. The minimum atomic E-state index is -0.267. The quantitative estimate of drug-likeness (QED) is 0.663. The van der Waals surface area contributed by atoms with E-state index in [0.717, 1.165) is 0 Å². The van der Waals surface area contributed by atoms with Gasteiger partial charge in [-0.25, -0.2) is 4.63 Å². The third-order valence-corrected chi connectivity index (χ3v) is 2.19. The van der Waals surface area contributed by atoms with Gasteiger partial charge in [0, 0.05) is 20.2 Å². The summed E-state index contributed by atoms with van der Waals surface area (Å²) in [5.41, 5.74) is 5.45. The Morgan fingerprint density at radius 1 is 1.64 bits per heavy atom. The van der Waals surface area contributed by atoms with E-state index in [4.69, 9.17) is 10.5 Å². The normalized spacial score (nSPS) is 16.8. The van der Waals surface area contributed by atoms with Crippen LogP contribution in [0.1, 0.15) is 10.5 Å². The number of methoxy groups -OCH3 is 1. The van der Waals surface area contributed by atoms with E-state index in [-0.39, 0.29) is 23.5 Å². The van der Waals surface area contributed by atoms with Gasteiger partial charge in [-0.1, -0.05) is 0 Å². The van der Waals surface area contributed by atoms with Crippen LogP contribution >= 0.6 is 0 Å². The monoisotopic (exact) mass is 198 g/mol. The van der Waals surface area contributed by atoms with Crippen LogP contribution in [0.2, 0.25) is 0 Å². The number of carbonyl (C=O) groups is 1. The second-order valence-electron chi connectivity index (χ2n) is 3.07. The zero-order valence-electron chi connectivity index (χ0n) is 7.64. The summed E-state index contributed by atoms with van der Waals surface area (Å²) in [5, 5.41) is 6.76. The minimum Gasteiger partial charge on any atom is -0.379 e. The molecule has 0 saturated carbocycles. The molecule has 0 aromatic carbocycles. The van der Waals surface area contributed by atoms with Crippen molar-refractivity contribution in [1.29, 1.82) is 0 Å². The molecule has 0 bridgehead atoms. The maximum atomic E-state index is 11.6. The molecular formula is C7H10N4O3. The molecule has 1 aromatic heterocycles. The topological polar surface area (TPSA) is 94.5 Å². The first-order valence-corrected chi connectivity index (χ1v) is 4.12. The average molecular weight is 198 g/mol. The van der Waals surface area contributed by atoms with Crippen molar-refractivity contribution in [2.45, 2.75) is 6.10 Å². The molecule has 0 aliphatic carbocycles. The molecule has 7 nitrogen and oxygen atoms in total. The number of amides is 1. The molecule has 1 fully saturated rings. The number of anilines is 1. The van der Waals surface area contributed by atoms with Crippen LogP contribution in [-0.4, -0.2) is 47.4 Å². The van der Waals surface area contributed by atoms with Crippen molar-refractivity contribution in [1.82, 2.24) is 15.2 Å². The number of hydrogen-bond donors (Lipinski definition) is 1. The molecule has 2 N–H and O–H groups in total. The van der Waals surface area contributed by atoms with Crippen LogP contribution in [0.15, 0.2) is 4.63 Å². The highest BCUT2D eigenvalue weighted by atomic mass is 16.6. The molecule has 1 aliphatic heterocycles. The molecule has 7 heteroatoms. The first-order chi connectivity index (χ1) is 6.72. The number of ether oxygens (including phenoxy) is 1. The van der Waals surface area contributed by atoms with E-state index in [1.165, 1.54) is 0 Å². The maximum Gasteiger partial charge on any atom is 0.280 e. The first-order valence-electron chi connectivity index (χ1n) is 4.12.